The normalized spacial score (nSPS) is 22.8. The van der Waals surface area contributed by atoms with Gasteiger partial charge in [0.05, 0.1) is 5.60 Å². The molecule has 2 N–H and O–H groups in total. The summed E-state index contributed by atoms with van der Waals surface area (Å²) in [5.41, 5.74) is 0.179. The third-order valence-corrected chi connectivity index (χ3v) is 5.41. The zero-order valence-electron chi connectivity index (χ0n) is 13.7. The van der Waals surface area contributed by atoms with Gasteiger partial charge in [-0.3, -0.25) is 4.79 Å². The molecule has 1 saturated heterocycles. The molecule has 1 aromatic carbocycles. The molecule has 1 aromatic rings. The van der Waals surface area contributed by atoms with Crippen molar-refractivity contribution in [3.8, 4) is 5.75 Å². The molecule has 4 heteroatoms. The van der Waals surface area contributed by atoms with Crippen LogP contribution in [0.25, 0.3) is 0 Å². The summed E-state index contributed by atoms with van der Waals surface area (Å²) in [6.45, 7) is 2.53. The average Bonchev–Trinajstić information content (AvgIpc) is 2.56. The minimum absolute atomic E-state index is 0.0665. The summed E-state index contributed by atoms with van der Waals surface area (Å²) in [5.74, 6) is 0.440. The molecular weight excluding hydrogens is 290 g/mol. The molecule has 126 valence electrons. The molecule has 1 heterocycles. The van der Waals surface area contributed by atoms with E-state index in [1.165, 1.54) is 6.42 Å². The highest BCUT2D eigenvalue weighted by molar-refractivity contribution is 5.98. The summed E-state index contributed by atoms with van der Waals surface area (Å²) in [6, 6.07) is 6.55. The Morgan fingerprint density at radius 2 is 1.70 bits per heavy atom. The number of phenols is 1. The Morgan fingerprint density at radius 1 is 1.09 bits per heavy atom. The zero-order chi connectivity index (χ0) is 16.3. The van der Waals surface area contributed by atoms with Gasteiger partial charge in [-0.1, -0.05) is 19.3 Å². The second-order valence-electron chi connectivity index (χ2n) is 7.25. The van der Waals surface area contributed by atoms with Gasteiger partial charge in [-0.2, -0.15) is 0 Å². The maximum absolute atomic E-state index is 12.5. The molecule has 2 aliphatic rings. The number of benzene rings is 1. The zero-order valence-corrected chi connectivity index (χ0v) is 13.7. The van der Waals surface area contributed by atoms with E-state index in [2.05, 4.69) is 4.90 Å². The smallest absolute Gasteiger partial charge is 0.166 e. The molecule has 0 spiro atoms. The predicted molar refractivity (Wildman–Crippen MR) is 89.6 cm³/mol. The summed E-state index contributed by atoms with van der Waals surface area (Å²) in [6.07, 6.45) is 7.05. The van der Waals surface area contributed by atoms with Crippen molar-refractivity contribution in [2.45, 2.75) is 50.5 Å². The molecule has 3 rings (SSSR count). The van der Waals surface area contributed by atoms with Crippen molar-refractivity contribution < 1.29 is 15.0 Å². The molecule has 0 radical (unpaired) electrons. The van der Waals surface area contributed by atoms with Crippen LogP contribution in [0.2, 0.25) is 0 Å². The van der Waals surface area contributed by atoms with Crippen molar-refractivity contribution >= 4 is 5.78 Å². The highest BCUT2D eigenvalue weighted by Crippen LogP contribution is 2.30. The first-order chi connectivity index (χ1) is 11.1. The van der Waals surface area contributed by atoms with E-state index < -0.39 is 5.60 Å². The van der Waals surface area contributed by atoms with E-state index in [0.29, 0.717) is 5.56 Å². The van der Waals surface area contributed by atoms with Crippen molar-refractivity contribution in [3.63, 3.8) is 0 Å². The Hall–Kier alpha value is -1.39. The number of phenolic OH excluding ortho intramolecular Hbond substituents is 1. The van der Waals surface area contributed by atoms with Gasteiger partial charge in [0.2, 0.25) is 0 Å². The van der Waals surface area contributed by atoms with Gasteiger partial charge in [-0.15, -0.1) is 0 Å². The minimum Gasteiger partial charge on any atom is -0.508 e. The molecule has 4 nitrogen and oxygen atoms in total. The highest BCUT2D eigenvalue weighted by atomic mass is 16.3. The Kier molecular flexibility index (Phi) is 5.02. The number of hydrogen-bond donors (Lipinski definition) is 2. The number of Topliss-reactive ketones (excluding diaryl/α,β-unsaturated/α-hetero) is 1. The van der Waals surface area contributed by atoms with Crippen LogP contribution in [0.15, 0.2) is 24.3 Å². The van der Waals surface area contributed by atoms with Gasteiger partial charge < -0.3 is 15.1 Å². The molecule has 23 heavy (non-hydrogen) atoms. The standard InChI is InChI=1S/C19H27NO3/c21-17-6-4-15(5-7-17)18(22)16-8-12-20(13-9-16)14-19(23)10-2-1-3-11-19/h4-7,16,21,23H,1-3,8-14H2. The second kappa shape index (κ2) is 7.02. The van der Waals surface area contributed by atoms with Crippen LogP contribution in [0.3, 0.4) is 0 Å². The van der Waals surface area contributed by atoms with E-state index in [-0.39, 0.29) is 17.5 Å². The quantitative estimate of drug-likeness (QED) is 0.838. The maximum atomic E-state index is 12.5. The first-order valence-corrected chi connectivity index (χ1v) is 8.84. The lowest BCUT2D eigenvalue weighted by Gasteiger charge is -2.39. The second-order valence-corrected chi connectivity index (χ2v) is 7.25. The molecule has 1 aliphatic heterocycles. The van der Waals surface area contributed by atoms with Crippen LogP contribution >= 0.6 is 0 Å². The average molecular weight is 317 g/mol. The van der Waals surface area contributed by atoms with Gasteiger partial charge in [-0.25, -0.2) is 0 Å². The van der Waals surface area contributed by atoms with E-state index in [1.54, 1.807) is 24.3 Å². The molecule has 1 aliphatic carbocycles. The number of carbonyl (C=O) groups excluding carboxylic acids is 1. The first kappa shape index (κ1) is 16.5. The van der Waals surface area contributed by atoms with Crippen molar-refractivity contribution in [2.24, 2.45) is 5.92 Å². The van der Waals surface area contributed by atoms with Gasteiger partial charge in [-0.05, 0) is 63.0 Å². The number of β-amino-alcohol motifs (C(OH)–C–C–N with tert-alkyl or cyclic N) is 1. The summed E-state index contributed by atoms with van der Waals surface area (Å²) >= 11 is 0. The Labute approximate surface area is 138 Å². The van der Waals surface area contributed by atoms with Crippen molar-refractivity contribution in [2.75, 3.05) is 19.6 Å². The number of ketones is 1. The molecule has 1 saturated carbocycles. The molecule has 0 amide bonds. The summed E-state index contributed by atoms with van der Waals surface area (Å²) < 4.78 is 0. The number of piperidine rings is 1. The van der Waals surface area contributed by atoms with Crippen LogP contribution in [0.1, 0.15) is 55.3 Å². The fraction of sp³-hybridized carbons (Fsp3) is 0.632. The van der Waals surface area contributed by atoms with Crippen LogP contribution in [0.5, 0.6) is 5.75 Å². The van der Waals surface area contributed by atoms with Gasteiger partial charge in [0, 0.05) is 18.0 Å². The number of hydrogen-bond acceptors (Lipinski definition) is 4. The maximum Gasteiger partial charge on any atom is 0.166 e. The van der Waals surface area contributed by atoms with Gasteiger partial charge in [0.15, 0.2) is 5.78 Å². The topological polar surface area (TPSA) is 60.8 Å². The number of rotatable bonds is 4. The van der Waals surface area contributed by atoms with Crippen molar-refractivity contribution in [1.29, 1.82) is 0 Å². The van der Waals surface area contributed by atoms with E-state index in [4.69, 9.17) is 0 Å². The van der Waals surface area contributed by atoms with Gasteiger partial charge >= 0.3 is 0 Å². The van der Waals surface area contributed by atoms with E-state index >= 15 is 0 Å². The van der Waals surface area contributed by atoms with E-state index in [1.807, 2.05) is 0 Å². The Balaban J connectivity index is 1.51. The SMILES string of the molecule is O=C(c1ccc(O)cc1)C1CCN(CC2(O)CCCCC2)CC1. The summed E-state index contributed by atoms with van der Waals surface area (Å²) in [5, 5.41) is 20.0. The molecule has 0 atom stereocenters. The predicted octanol–water partition coefficient (Wildman–Crippen LogP) is 2.98. The fourth-order valence-electron chi connectivity index (χ4n) is 4.00. The number of likely N-dealkylation sites (tertiary alicyclic amines) is 1. The van der Waals surface area contributed by atoms with E-state index in [9.17, 15) is 15.0 Å². The van der Waals surface area contributed by atoms with Crippen LogP contribution < -0.4 is 0 Å². The largest absolute Gasteiger partial charge is 0.508 e. The first-order valence-electron chi connectivity index (χ1n) is 8.84. The van der Waals surface area contributed by atoms with Crippen LogP contribution in [-0.2, 0) is 0 Å². The molecule has 0 bridgehead atoms. The molecule has 2 fully saturated rings. The van der Waals surface area contributed by atoms with Crippen LogP contribution in [0, 0.1) is 5.92 Å². The number of nitrogens with zero attached hydrogens (tertiary/aromatic N) is 1. The lowest BCUT2D eigenvalue weighted by molar-refractivity contribution is -0.0318. The van der Waals surface area contributed by atoms with Crippen LogP contribution in [0.4, 0.5) is 0 Å². The Bertz CT molecular complexity index is 526. The number of aliphatic hydroxyl groups is 1. The van der Waals surface area contributed by atoms with Crippen LogP contribution in [-0.4, -0.2) is 46.1 Å². The fourth-order valence-corrected chi connectivity index (χ4v) is 4.00. The van der Waals surface area contributed by atoms with Gasteiger partial charge in [0.1, 0.15) is 5.75 Å². The third kappa shape index (κ3) is 4.12. The third-order valence-electron chi connectivity index (χ3n) is 5.41. The summed E-state index contributed by atoms with van der Waals surface area (Å²) in [4.78, 5) is 14.8. The lowest BCUT2D eigenvalue weighted by Crippen LogP contribution is -2.47. The van der Waals surface area contributed by atoms with Gasteiger partial charge in [0.25, 0.3) is 0 Å². The molecule has 0 aromatic heterocycles. The monoisotopic (exact) mass is 317 g/mol. The lowest BCUT2D eigenvalue weighted by atomic mass is 9.83. The minimum atomic E-state index is -0.508. The Morgan fingerprint density at radius 3 is 2.30 bits per heavy atom. The highest BCUT2D eigenvalue weighted by Gasteiger charge is 2.33. The molecular formula is C19H27NO3. The van der Waals surface area contributed by atoms with Crippen molar-refractivity contribution in [1.82, 2.24) is 4.90 Å². The van der Waals surface area contributed by atoms with Crippen molar-refractivity contribution in [3.05, 3.63) is 29.8 Å². The van der Waals surface area contributed by atoms with E-state index in [0.717, 1.165) is 58.2 Å². The summed E-state index contributed by atoms with van der Waals surface area (Å²) in [7, 11) is 0. The number of carbonyl (C=O) groups is 1. The molecule has 0 unspecified atom stereocenters. The number of aromatic hydroxyl groups is 1.